The van der Waals surface area contributed by atoms with Crippen LogP contribution in [0.5, 0.6) is 0 Å². The van der Waals surface area contributed by atoms with Crippen molar-refractivity contribution in [3.05, 3.63) is 29.0 Å². The fourth-order valence-electron chi connectivity index (χ4n) is 1.55. The Labute approximate surface area is 91.5 Å². The second-order valence-corrected chi connectivity index (χ2v) is 4.82. The molecule has 0 unspecified atom stereocenters. The monoisotopic (exact) mass is 211 g/mol. The van der Waals surface area contributed by atoms with E-state index < -0.39 is 0 Å². The molecule has 1 rings (SSSR count). The van der Waals surface area contributed by atoms with Gasteiger partial charge in [0.05, 0.1) is 5.02 Å². The van der Waals surface area contributed by atoms with Crippen molar-refractivity contribution in [3.8, 4) is 0 Å². The number of halogens is 1. The third-order valence-electron chi connectivity index (χ3n) is 2.64. The fraction of sp³-hybridized carbons (Fsp3) is 0.583. The summed E-state index contributed by atoms with van der Waals surface area (Å²) in [5, 5.41) is 0.729. The third-order valence-corrected chi connectivity index (χ3v) is 2.85. The smallest absolute Gasteiger partial charge is 0.0592 e. The third kappa shape index (κ3) is 2.98. The zero-order valence-corrected chi connectivity index (χ0v) is 9.93. The van der Waals surface area contributed by atoms with Crippen molar-refractivity contribution >= 4 is 11.6 Å². The molecule has 0 aromatic carbocycles. The molecule has 0 aliphatic carbocycles. The standard InChI is InChI=1S/C12H18ClN/c1-4-5-6-12(2,3)10-7-11(13)9-14-8-10/h7-9H,4-6H2,1-3H3. The minimum Gasteiger partial charge on any atom is -0.263 e. The van der Waals surface area contributed by atoms with Gasteiger partial charge in [-0.3, -0.25) is 4.98 Å². The van der Waals surface area contributed by atoms with Crippen LogP contribution < -0.4 is 0 Å². The van der Waals surface area contributed by atoms with Crippen molar-refractivity contribution in [3.63, 3.8) is 0 Å². The van der Waals surface area contributed by atoms with Gasteiger partial charge in [0.2, 0.25) is 0 Å². The Morgan fingerprint density at radius 2 is 2.07 bits per heavy atom. The first-order valence-electron chi connectivity index (χ1n) is 5.17. The Balaban J connectivity index is 2.80. The largest absolute Gasteiger partial charge is 0.263 e. The Bertz CT molecular complexity index is 294. The molecule has 1 heterocycles. The van der Waals surface area contributed by atoms with Gasteiger partial charge >= 0.3 is 0 Å². The highest BCUT2D eigenvalue weighted by molar-refractivity contribution is 6.30. The first-order chi connectivity index (χ1) is 6.56. The second kappa shape index (κ2) is 4.79. The average molecular weight is 212 g/mol. The zero-order valence-electron chi connectivity index (χ0n) is 9.18. The summed E-state index contributed by atoms with van der Waals surface area (Å²) in [6.45, 7) is 6.71. The van der Waals surface area contributed by atoms with Gasteiger partial charge < -0.3 is 0 Å². The van der Waals surface area contributed by atoms with Crippen LogP contribution in [0.25, 0.3) is 0 Å². The molecule has 0 N–H and O–H groups in total. The van der Waals surface area contributed by atoms with Gasteiger partial charge in [0.15, 0.2) is 0 Å². The molecule has 0 radical (unpaired) electrons. The molecule has 0 fully saturated rings. The number of pyridine rings is 1. The lowest BCUT2D eigenvalue weighted by Crippen LogP contribution is -2.17. The lowest BCUT2D eigenvalue weighted by Gasteiger charge is -2.24. The molecule has 1 aromatic rings. The Morgan fingerprint density at radius 1 is 1.36 bits per heavy atom. The van der Waals surface area contributed by atoms with Gasteiger partial charge in [-0.2, -0.15) is 0 Å². The number of rotatable bonds is 4. The molecule has 14 heavy (non-hydrogen) atoms. The summed E-state index contributed by atoms with van der Waals surface area (Å²) in [6, 6.07) is 2.02. The van der Waals surface area contributed by atoms with Crippen LogP contribution in [0.2, 0.25) is 5.02 Å². The van der Waals surface area contributed by atoms with E-state index in [2.05, 4.69) is 25.8 Å². The molecule has 0 saturated heterocycles. The molecule has 0 saturated carbocycles. The van der Waals surface area contributed by atoms with Gasteiger partial charge in [-0.1, -0.05) is 45.2 Å². The Kier molecular flexibility index (Phi) is 3.94. The molecule has 2 heteroatoms. The van der Waals surface area contributed by atoms with Crippen LogP contribution >= 0.6 is 11.6 Å². The van der Waals surface area contributed by atoms with Gasteiger partial charge in [-0.25, -0.2) is 0 Å². The molecule has 0 aliphatic rings. The number of aromatic nitrogens is 1. The van der Waals surface area contributed by atoms with Gasteiger partial charge in [0.1, 0.15) is 0 Å². The van der Waals surface area contributed by atoms with Crippen LogP contribution in [-0.4, -0.2) is 4.98 Å². The predicted octanol–water partition coefficient (Wildman–Crippen LogP) is 4.20. The van der Waals surface area contributed by atoms with Crippen LogP contribution in [0.4, 0.5) is 0 Å². The van der Waals surface area contributed by atoms with Crippen LogP contribution in [0.1, 0.15) is 45.6 Å². The molecule has 1 nitrogen and oxygen atoms in total. The number of hydrogen-bond acceptors (Lipinski definition) is 1. The molecule has 78 valence electrons. The maximum atomic E-state index is 5.92. The molecule has 1 aromatic heterocycles. The highest BCUT2D eigenvalue weighted by atomic mass is 35.5. The summed E-state index contributed by atoms with van der Waals surface area (Å²) in [6.07, 6.45) is 7.27. The summed E-state index contributed by atoms with van der Waals surface area (Å²) in [5.74, 6) is 0. The van der Waals surface area contributed by atoms with Gasteiger partial charge in [-0.05, 0) is 23.5 Å². The van der Waals surface area contributed by atoms with E-state index in [0.717, 1.165) is 5.02 Å². The van der Waals surface area contributed by atoms with E-state index in [1.807, 2.05) is 12.3 Å². The first kappa shape index (κ1) is 11.5. The number of nitrogens with zero attached hydrogens (tertiary/aromatic N) is 1. The van der Waals surface area contributed by atoms with Crippen molar-refractivity contribution in [2.45, 2.75) is 45.4 Å². The number of unbranched alkanes of at least 4 members (excludes halogenated alkanes) is 1. The topological polar surface area (TPSA) is 12.9 Å². The van der Waals surface area contributed by atoms with Gasteiger partial charge in [0.25, 0.3) is 0 Å². The number of hydrogen-bond donors (Lipinski definition) is 0. The maximum absolute atomic E-state index is 5.92. The highest BCUT2D eigenvalue weighted by Gasteiger charge is 2.20. The van der Waals surface area contributed by atoms with Crippen LogP contribution in [0, 0.1) is 0 Å². The van der Waals surface area contributed by atoms with Crippen molar-refractivity contribution in [1.82, 2.24) is 4.98 Å². The Hall–Kier alpha value is -0.560. The normalized spacial score (nSPS) is 11.7. The molecular formula is C12H18ClN. The molecule has 0 amide bonds. The Morgan fingerprint density at radius 3 is 2.64 bits per heavy atom. The SMILES string of the molecule is CCCCC(C)(C)c1cncc(Cl)c1. The molecular weight excluding hydrogens is 194 g/mol. The fourth-order valence-corrected chi connectivity index (χ4v) is 1.72. The summed E-state index contributed by atoms with van der Waals surface area (Å²) in [5.41, 5.74) is 1.42. The molecule has 0 atom stereocenters. The van der Waals surface area contributed by atoms with E-state index in [9.17, 15) is 0 Å². The second-order valence-electron chi connectivity index (χ2n) is 4.38. The lowest BCUT2D eigenvalue weighted by atomic mass is 9.81. The summed E-state index contributed by atoms with van der Waals surface area (Å²) in [7, 11) is 0. The van der Waals surface area contributed by atoms with Crippen LogP contribution in [0.15, 0.2) is 18.5 Å². The van der Waals surface area contributed by atoms with Crippen molar-refractivity contribution in [2.75, 3.05) is 0 Å². The van der Waals surface area contributed by atoms with Crippen LogP contribution in [-0.2, 0) is 5.41 Å². The van der Waals surface area contributed by atoms with E-state index in [1.54, 1.807) is 6.20 Å². The molecule has 0 aliphatic heterocycles. The van der Waals surface area contributed by atoms with E-state index in [-0.39, 0.29) is 5.41 Å². The van der Waals surface area contributed by atoms with E-state index in [1.165, 1.54) is 24.8 Å². The molecule has 0 bridgehead atoms. The molecule has 0 spiro atoms. The minimum atomic E-state index is 0.188. The predicted molar refractivity (Wildman–Crippen MR) is 61.8 cm³/mol. The van der Waals surface area contributed by atoms with Gasteiger partial charge in [-0.15, -0.1) is 0 Å². The van der Waals surface area contributed by atoms with Gasteiger partial charge in [0, 0.05) is 12.4 Å². The zero-order chi connectivity index (χ0) is 10.6. The van der Waals surface area contributed by atoms with E-state index in [0.29, 0.717) is 0 Å². The average Bonchev–Trinajstić information content (AvgIpc) is 2.15. The van der Waals surface area contributed by atoms with E-state index >= 15 is 0 Å². The van der Waals surface area contributed by atoms with Crippen LogP contribution in [0.3, 0.4) is 0 Å². The van der Waals surface area contributed by atoms with Crippen molar-refractivity contribution < 1.29 is 0 Å². The quantitative estimate of drug-likeness (QED) is 0.728. The van der Waals surface area contributed by atoms with Crippen molar-refractivity contribution in [2.24, 2.45) is 0 Å². The highest BCUT2D eigenvalue weighted by Crippen LogP contribution is 2.29. The van der Waals surface area contributed by atoms with Crippen molar-refractivity contribution in [1.29, 1.82) is 0 Å². The lowest BCUT2D eigenvalue weighted by molar-refractivity contribution is 0.456. The van der Waals surface area contributed by atoms with E-state index in [4.69, 9.17) is 11.6 Å². The summed E-state index contributed by atoms with van der Waals surface area (Å²) < 4.78 is 0. The first-order valence-corrected chi connectivity index (χ1v) is 5.55. The summed E-state index contributed by atoms with van der Waals surface area (Å²) in [4.78, 5) is 4.13. The minimum absolute atomic E-state index is 0.188. The maximum Gasteiger partial charge on any atom is 0.0592 e. The summed E-state index contributed by atoms with van der Waals surface area (Å²) >= 11 is 5.92.